The molecule has 0 unspecified atom stereocenters. The summed E-state index contributed by atoms with van der Waals surface area (Å²) in [5.41, 5.74) is 6.33. The Bertz CT molecular complexity index is 857. The van der Waals surface area contributed by atoms with Gasteiger partial charge in [0, 0.05) is 24.0 Å². The normalized spacial score (nSPS) is 13.4. The van der Waals surface area contributed by atoms with Crippen LogP contribution >= 0.6 is 0 Å². The molecule has 0 bridgehead atoms. The van der Waals surface area contributed by atoms with E-state index >= 15 is 0 Å². The van der Waals surface area contributed by atoms with Crippen molar-refractivity contribution in [3.63, 3.8) is 0 Å². The number of aromatic nitrogens is 1. The van der Waals surface area contributed by atoms with E-state index in [0.29, 0.717) is 0 Å². The van der Waals surface area contributed by atoms with Gasteiger partial charge in [-0.1, -0.05) is 30.3 Å². The molecule has 0 N–H and O–H groups in total. The molecule has 0 saturated carbocycles. The Morgan fingerprint density at radius 2 is 1.95 bits per heavy atom. The van der Waals surface area contributed by atoms with Crippen LogP contribution in [0.15, 0.2) is 53.8 Å². The highest BCUT2D eigenvalue weighted by atomic mass is 14.7. The highest BCUT2D eigenvalue weighted by Gasteiger charge is 2.15. The third-order valence-electron chi connectivity index (χ3n) is 4.20. The highest BCUT2D eigenvalue weighted by molar-refractivity contribution is 5.98. The van der Waals surface area contributed by atoms with Crippen LogP contribution in [-0.4, -0.2) is 11.2 Å². The zero-order valence-electron chi connectivity index (χ0n) is 12.0. The van der Waals surface area contributed by atoms with Crippen LogP contribution in [0.1, 0.15) is 17.5 Å². The van der Waals surface area contributed by atoms with Crippen molar-refractivity contribution in [3.8, 4) is 11.1 Å². The average molecular weight is 272 g/mol. The molecular formula is C19H16N2. The Labute approximate surface area is 124 Å². The topological polar surface area (TPSA) is 25.2 Å². The van der Waals surface area contributed by atoms with Gasteiger partial charge in [0.05, 0.1) is 5.69 Å². The first-order chi connectivity index (χ1) is 10.3. The van der Waals surface area contributed by atoms with Gasteiger partial charge in [-0.3, -0.25) is 9.98 Å². The molecule has 0 saturated heterocycles. The molecule has 21 heavy (non-hydrogen) atoms. The predicted molar refractivity (Wildman–Crippen MR) is 88.4 cm³/mol. The smallest absolute Gasteiger partial charge is 0.0693 e. The Morgan fingerprint density at radius 1 is 1.00 bits per heavy atom. The van der Waals surface area contributed by atoms with Crippen LogP contribution in [0, 0.1) is 6.92 Å². The fraction of sp³-hybridized carbons (Fsp3) is 0.158. The molecule has 102 valence electrons. The maximum Gasteiger partial charge on any atom is 0.0693 e. The number of aryl methyl sites for hydroxylation is 1. The molecule has 1 aromatic heterocycles. The van der Waals surface area contributed by atoms with Gasteiger partial charge in [0.2, 0.25) is 0 Å². The van der Waals surface area contributed by atoms with E-state index in [2.05, 4.69) is 53.3 Å². The van der Waals surface area contributed by atoms with Gasteiger partial charge in [-0.05, 0) is 53.5 Å². The van der Waals surface area contributed by atoms with Crippen molar-refractivity contribution in [1.29, 1.82) is 0 Å². The van der Waals surface area contributed by atoms with Gasteiger partial charge in [0.25, 0.3) is 0 Å². The zero-order chi connectivity index (χ0) is 14.2. The van der Waals surface area contributed by atoms with Crippen molar-refractivity contribution >= 4 is 22.7 Å². The van der Waals surface area contributed by atoms with Crippen LogP contribution in [0.25, 0.3) is 21.9 Å². The van der Waals surface area contributed by atoms with Crippen LogP contribution in [-0.2, 0) is 6.42 Å². The molecule has 0 radical (unpaired) electrons. The lowest BCUT2D eigenvalue weighted by molar-refractivity contribution is 1.02. The first-order valence-electron chi connectivity index (χ1n) is 7.33. The lowest BCUT2D eigenvalue weighted by Gasteiger charge is -2.18. The SMILES string of the molecule is Cc1ccc(-c2cccc3ccncc23)c2c1N=CCC2. The summed E-state index contributed by atoms with van der Waals surface area (Å²) in [4.78, 5) is 8.92. The lowest BCUT2D eigenvalue weighted by Crippen LogP contribution is -1.99. The van der Waals surface area contributed by atoms with E-state index in [9.17, 15) is 0 Å². The largest absolute Gasteiger partial charge is 0.264 e. The second kappa shape index (κ2) is 4.81. The standard InChI is InChI=1S/C19H16N2/c1-13-7-8-16(17-6-3-10-21-19(13)17)15-5-2-4-14-9-11-20-12-18(14)15/h2,4-5,7-12H,3,6H2,1H3. The molecule has 2 nitrogen and oxygen atoms in total. The molecule has 4 rings (SSSR count). The molecule has 3 aromatic rings. The van der Waals surface area contributed by atoms with Crippen LogP contribution in [0.4, 0.5) is 5.69 Å². The number of pyridine rings is 1. The molecule has 1 aliphatic rings. The number of hydrogen-bond donors (Lipinski definition) is 0. The quantitative estimate of drug-likeness (QED) is 0.621. The maximum atomic E-state index is 4.62. The van der Waals surface area contributed by atoms with E-state index in [0.717, 1.165) is 18.5 Å². The van der Waals surface area contributed by atoms with Gasteiger partial charge >= 0.3 is 0 Å². The summed E-state index contributed by atoms with van der Waals surface area (Å²) in [5, 5.41) is 2.44. The van der Waals surface area contributed by atoms with Crippen LogP contribution in [0.5, 0.6) is 0 Å². The summed E-state index contributed by atoms with van der Waals surface area (Å²) < 4.78 is 0. The van der Waals surface area contributed by atoms with Crippen molar-refractivity contribution in [3.05, 3.63) is 59.9 Å². The average Bonchev–Trinajstić information content (AvgIpc) is 2.55. The third-order valence-corrected chi connectivity index (χ3v) is 4.20. The molecule has 2 heteroatoms. The Hall–Kier alpha value is -2.48. The van der Waals surface area contributed by atoms with Gasteiger partial charge in [0.15, 0.2) is 0 Å². The summed E-state index contributed by atoms with van der Waals surface area (Å²) >= 11 is 0. The molecule has 0 amide bonds. The minimum absolute atomic E-state index is 1.02. The Kier molecular flexibility index (Phi) is 2.81. The number of aliphatic imine (C=N–C) groups is 1. The molecule has 0 atom stereocenters. The van der Waals surface area contributed by atoms with E-state index in [1.165, 1.54) is 33.0 Å². The number of hydrogen-bond acceptors (Lipinski definition) is 2. The van der Waals surface area contributed by atoms with Crippen molar-refractivity contribution in [1.82, 2.24) is 4.98 Å². The molecular weight excluding hydrogens is 256 g/mol. The van der Waals surface area contributed by atoms with E-state index in [-0.39, 0.29) is 0 Å². The van der Waals surface area contributed by atoms with Crippen molar-refractivity contribution in [2.24, 2.45) is 4.99 Å². The monoisotopic (exact) mass is 272 g/mol. The van der Waals surface area contributed by atoms with Gasteiger partial charge < -0.3 is 0 Å². The minimum Gasteiger partial charge on any atom is -0.264 e. The van der Waals surface area contributed by atoms with Crippen LogP contribution in [0.2, 0.25) is 0 Å². The summed E-state index contributed by atoms with van der Waals surface area (Å²) in [5.74, 6) is 0. The van der Waals surface area contributed by atoms with Crippen molar-refractivity contribution in [2.75, 3.05) is 0 Å². The van der Waals surface area contributed by atoms with Gasteiger partial charge in [0.1, 0.15) is 0 Å². The Morgan fingerprint density at radius 3 is 2.90 bits per heavy atom. The highest BCUT2D eigenvalue weighted by Crippen LogP contribution is 2.38. The summed E-state index contributed by atoms with van der Waals surface area (Å²) in [6.07, 6.45) is 7.92. The van der Waals surface area contributed by atoms with E-state index in [1.807, 2.05) is 18.6 Å². The van der Waals surface area contributed by atoms with Gasteiger partial charge in [-0.25, -0.2) is 0 Å². The van der Waals surface area contributed by atoms with E-state index in [1.54, 1.807) is 0 Å². The Balaban J connectivity index is 2.04. The predicted octanol–water partition coefficient (Wildman–Crippen LogP) is 4.86. The summed E-state index contributed by atoms with van der Waals surface area (Å²) in [6, 6.07) is 12.9. The number of benzene rings is 2. The number of fused-ring (bicyclic) bond motifs is 2. The first kappa shape index (κ1) is 12.3. The number of nitrogens with zero attached hydrogens (tertiary/aromatic N) is 2. The van der Waals surface area contributed by atoms with Gasteiger partial charge in [-0.2, -0.15) is 0 Å². The van der Waals surface area contributed by atoms with Crippen LogP contribution < -0.4 is 0 Å². The molecule has 0 spiro atoms. The maximum absolute atomic E-state index is 4.62. The summed E-state index contributed by atoms with van der Waals surface area (Å²) in [7, 11) is 0. The van der Waals surface area contributed by atoms with Crippen LogP contribution in [0.3, 0.4) is 0 Å². The fourth-order valence-electron chi connectivity index (χ4n) is 3.15. The first-order valence-corrected chi connectivity index (χ1v) is 7.33. The molecule has 1 aliphatic heterocycles. The zero-order valence-corrected chi connectivity index (χ0v) is 12.0. The fourth-order valence-corrected chi connectivity index (χ4v) is 3.15. The second-order valence-electron chi connectivity index (χ2n) is 5.51. The number of rotatable bonds is 1. The lowest BCUT2D eigenvalue weighted by atomic mass is 9.90. The second-order valence-corrected chi connectivity index (χ2v) is 5.51. The van der Waals surface area contributed by atoms with Crippen molar-refractivity contribution < 1.29 is 0 Å². The molecule has 2 heterocycles. The molecule has 2 aromatic carbocycles. The summed E-state index contributed by atoms with van der Waals surface area (Å²) in [6.45, 7) is 2.13. The van der Waals surface area contributed by atoms with E-state index in [4.69, 9.17) is 0 Å². The van der Waals surface area contributed by atoms with Gasteiger partial charge in [-0.15, -0.1) is 0 Å². The van der Waals surface area contributed by atoms with Crippen molar-refractivity contribution in [2.45, 2.75) is 19.8 Å². The third kappa shape index (κ3) is 1.95. The minimum atomic E-state index is 1.02. The van der Waals surface area contributed by atoms with E-state index < -0.39 is 0 Å². The molecule has 0 fully saturated rings. The molecule has 0 aliphatic carbocycles.